The molecule has 2 saturated heterocycles. The number of nitrogens with zero attached hydrogens (tertiary/aromatic N) is 7. The van der Waals surface area contributed by atoms with Crippen molar-refractivity contribution >= 4 is 64.0 Å². The average molecular weight is 842 g/mol. The Hall–Kier alpha value is -5.85. The number of imide groups is 1. The molecule has 1 atom stereocenters. The lowest BCUT2D eigenvalue weighted by atomic mass is 10.0. The molecule has 1 aromatic carbocycles. The fraction of sp³-hybridized carbons (Fsp3) is 0.463. The van der Waals surface area contributed by atoms with Gasteiger partial charge < -0.3 is 35.2 Å². The molecule has 18 nitrogen and oxygen atoms in total. The number of pyridine rings is 1. The fourth-order valence-electron chi connectivity index (χ4n) is 8.36. The molecule has 6 amide bonds. The summed E-state index contributed by atoms with van der Waals surface area (Å²) in [4.78, 5) is 77.6. The Bertz CT molecular complexity index is 2260. The lowest BCUT2D eigenvalue weighted by Gasteiger charge is -2.36. The molecule has 3 aliphatic heterocycles. The van der Waals surface area contributed by atoms with E-state index < -0.39 is 18.0 Å². The number of halogens is 1. The second-order valence-corrected chi connectivity index (χ2v) is 15.8. The van der Waals surface area contributed by atoms with Gasteiger partial charge in [-0.1, -0.05) is 24.4 Å². The van der Waals surface area contributed by atoms with Crippen LogP contribution in [0, 0.1) is 0 Å². The Balaban J connectivity index is 0.715. The number of piperazine rings is 1. The van der Waals surface area contributed by atoms with Gasteiger partial charge in [-0.05, 0) is 49.1 Å². The van der Waals surface area contributed by atoms with Crippen LogP contribution in [0.2, 0.25) is 5.02 Å². The van der Waals surface area contributed by atoms with Gasteiger partial charge >= 0.3 is 6.03 Å². The van der Waals surface area contributed by atoms with Crippen LogP contribution in [0.5, 0.6) is 5.88 Å². The van der Waals surface area contributed by atoms with Gasteiger partial charge in [0.25, 0.3) is 5.91 Å². The molecule has 1 saturated carbocycles. The van der Waals surface area contributed by atoms with Crippen LogP contribution in [0.4, 0.5) is 21.9 Å². The van der Waals surface area contributed by atoms with Crippen molar-refractivity contribution in [2.45, 2.75) is 63.5 Å². The second-order valence-electron chi connectivity index (χ2n) is 15.4. The maximum absolute atomic E-state index is 13.2. The monoisotopic (exact) mass is 841 g/mol. The van der Waals surface area contributed by atoms with Crippen LogP contribution in [-0.4, -0.2) is 124 Å². The zero-order chi connectivity index (χ0) is 41.6. The number of rotatable bonds is 15. The average Bonchev–Trinajstić information content (AvgIpc) is 4.02. The normalized spacial score (nSPS) is 18.5. The van der Waals surface area contributed by atoms with Crippen molar-refractivity contribution in [3.63, 3.8) is 0 Å². The maximum Gasteiger partial charge on any atom is 0.323 e. The molecule has 4 aliphatic rings. The summed E-state index contributed by atoms with van der Waals surface area (Å²) in [6, 6.07) is 8.07. The molecule has 1 aliphatic carbocycles. The number of urea groups is 1. The summed E-state index contributed by atoms with van der Waals surface area (Å²) in [5.41, 5.74) is 5.03. The predicted octanol–water partition coefficient (Wildman–Crippen LogP) is 3.56. The largest absolute Gasteiger partial charge is 0.474 e. The van der Waals surface area contributed by atoms with Crippen LogP contribution >= 0.6 is 11.6 Å². The van der Waals surface area contributed by atoms with Gasteiger partial charge in [-0.3, -0.25) is 29.4 Å². The van der Waals surface area contributed by atoms with Gasteiger partial charge in [0, 0.05) is 81.5 Å². The third kappa shape index (κ3) is 9.45. The number of benzene rings is 1. The third-order valence-electron chi connectivity index (χ3n) is 11.4. The van der Waals surface area contributed by atoms with Crippen LogP contribution in [0.3, 0.4) is 0 Å². The minimum absolute atomic E-state index is 0.111. The van der Waals surface area contributed by atoms with Crippen molar-refractivity contribution in [2.75, 3.05) is 74.6 Å². The van der Waals surface area contributed by atoms with Gasteiger partial charge in [-0.15, -0.1) is 0 Å². The number of aromatic nitrogens is 4. The standard InChI is InChI=1S/C41H48ClN11O7/c42-28-22-31(47-41(58)48-32-24-44-34-9-11-46-53(34)37(32)26-3-1-2-4-26)39(45-23-28)60-19-12-43-35(54)10-18-59-20-17-50-13-15-51(16-14-50)29-5-6-30-27(21-29)25-52(40(30)57)33-7-8-36(55)49-38(33)56/h5-6,9,11,21-24,26,33H,1-4,7-8,10,12-20,25H2,(H,43,54)(H2,47,48,58)(H,49,55,56). The number of anilines is 3. The zero-order valence-corrected chi connectivity index (χ0v) is 33.9. The molecule has 0 radical (unpaired) electrons. The predicted molar refractivity (Wildman–Crippen MR) is 221 cm³/mol. The summed E-state index contributed by atoms with van der Waals surface area (Å²) < 4.78 is 13.4. The molecule has 8 rings (SSSR count). The molecule has 0 spiro atoms. The number of hydrogen-bond acceptors (Lipinski definition) is 12. The Kier molecular flexibility index (Phi) is 12.7. The van der Waals surface area contributed by atoms with Crippen LogP contribution in [0.15, 0.2) is 48.9 Å². The van der Waals surface area contributed by atoms with Crippen molar-refractivity contribution in [3.05, 3.63) is 70.8 Å². The van der Waals surface area contributed by atoms with Crippen molar-refractivity contribution in [3.8, 4) is 5.88 Å². The highest BCUT2D eigenvalue weighted by molar-refractivity contribution is 6.30. The summed E-state index contributed by atoms with van der Waals surface area (Å²) in [7, 11) is 0. The Morgan fingerprint density at radius 2 is 1.73 bits per heavy atom. The van der Waals surface area contributed by atoms with E-state index in [4.69, 9.17) is 21.1 Å². The summed E-state index contributed by atoms with van der Waals surface area (Å²) in [6.45, 7) is 5.51. The van der Waals surface area contributed by atoms with E-state index >= 15 is 0 Å². The molecule has 0 bridgehead atoms. The lowest BCUT2D eigenvalue weighted by molar-refractivity contribution is -0.137. The van der Waals surface area contributed by atoms with Crippen molar-refractivity contribution < 1.29 is 33.4 Å². The third-order valence-corrected chi connectivity index (χ3v) is 11.6. The number of carbonyl (C=O) groups excluding carboxylic acids is 5. The molecule has 1 unspecified atom stereocenters. The second kappa shape index (κ2) is 18.6. The van der Waals surface area contributed by atoms with Gasteiger partial charge in [0.05, 0.1) is 48.6 Å². The first-order valence-electron chi connectivity index (χ1n) is 20.5. The summed E-state index contributed by atoms with van der Waals surface area (Å²) >= 11 is 6.21. The highest BCUT2D eigenvalue weighted by atomic mass is 35.5. The minimum atomic E-state index is -0.630. The molecular formula is C41H48ClN11O7. The van der Waals surface area contributed by atoms with Gasteiger partial charge in [0.1, 0.15) is 18.3 Å². The van der Waals surface area contributed by atoms with Crippen molar-refractivity contribution in [1.82, 2.24) is 40.0 Å². The quantitative estimate of drug-likeness (QED) is 0.100. The smallest absolute Gasteiger partial charge is 0.323 e. The van der Waals surface area contributed by atoms with E-state index in [1.54, 1.807) is 27.9 Å². The summed E-state index contributed by atoms with van der Waals surface area (Å²) in [6.07, 6.45) is 9.80. The van der Waals surface area contributed by atoms with Crippen molar-refractivity contribution in [2.24, 2.45) is 0 Å². The summed E-state index contributed by atoms with van der Waals surface area (Å²) in [5, 5.41) is 15.6. The van der Waals surface area contributed by atoms with E-state index in [0.29, 0.717) is 35.8 Å². The fourth-order valence-corrected chi connectivity index (χ4v) is 8.52. The number of amides is 6. The minimum Gasteiger partial charge on any atom is -0.474 e. The molecule has 60 heavy (non-hydrogen) atoms. The van der Waals surface area contributed by atoms with Gasteiger partial charge in [-0.25, -0.2) is 19.3 Å². The molecule has 316 valence electrons. The highest BCUT2D eigenvalue weighted by Crippen LogP contribution is 2.38. The number of piperidine rings is 1. The van der Waals surface area contributed by atoms with Crippen molar-refractivity contribution in [1.29, 1.82) is 0 Å². The van der Waals surface area contributed by atoms with E-state index in [2.05, 4.69) is 46.1 Å². The SMILES string of the molecule is O=C(CCOCCN1CCN(c2ccc3c(c2)CN(C2CCC(=O)NC2=O)C3=O)CC1)NCCOc1ncc(Cl)cc1NC(=O)Nc1cnc2ccnn2c1C1CCCC1. The molecule has 4 aromatic rings. The number of fused-ring (bicyclic) bond motifs is 2. The topological polar surface area (TPSA) is 205 Å². The van der Waals surface area contributed by atoms with Crippen LogP contribution in [-0.2, 0) is 25.7 Å². The van der Waals surface area contributed by atoms with Gasteiger partial charge in [0.2, 0.25) is 23.6 Å². The first kappa shape index (κ1) is 40.9. The number of ether oxygens (including phenoxy) is 2. The molecule has 4 N–H and O–H groups in total. The molecule has 3 aromatic heterocycles. The molecule has 19 heteroatoms. The molecular weight excluding hydrogens is 794 g/mol. The van der Waals surface area contributed by atoms with Crippen LogP contribution < -0.4 is 30.9 Å². The van der Waals surface area contributed by atoms with E-state index in [-0.39, 0.29) is 67.8 Å². The molecule has 3 fully saturated rings. The van der Waals surface area contributed by atoms with E-state index in [1.165, 1.54) is 6.20 Å². The number of carbonyl (C=O) groups is 5. The Labute approximate surface area is 351 Å². The highest BCUT2D eigenvalue weighted by Gasteiger charge is 2.39. The first-order chi connectivity index (χ1) is 29.2. The first-order valence-corrected chi connectivity index (χ1v) is 20.9. The zero-order valence-electron chi connectivity index (χ0n) is 33.2. The number of hydrogen-bond donors (Lipinski definition) is 4. The Morgan fingerprint density at radius 3 is 2.55 bits per heavy atom. The van der Waals surface area contributed by atoms with E-state index in [0.717, 1.165) is 81.0 Å². The molecule has 6 heterocycles. The van der Waals surface area contributed by atoms with E-state index in [9.17, 15) is 24.0 Å². The Morgan fingerprint density at radius 1 is 0.917 bits per heavy atom. The van der Waals surface area contributed by atoms with Crippen LogP contribution in [0.1, 0.15) is 72.5 Å². The van der Waals surface area contributed by atoms with Gasteiger partial charge in [0.15, 0.2) is 5.65 Å². The van der Waals surface area contributed by atoms with Gasteiger partial charge in [-0.2, -0.15) is 5.10 Å². The number of nitrogens with one attached hydrogen (secondary N) is 4. The summed E-state index contributed by atoms with van der Waals surface area (Å²) in [5.74, 6) is -0.640. The van der Waals surface area contributed by atoms with Crippen LogP contribution in [0.25, 0.3) is 5.65 Å². The lowest BCUT2D eigenvalue weighted by Crippen LogP contribution is -2.52. The van der Waals surface area contributed by atoms with E-state index in [1.807, 2.05) is 24.3 Å². The maximum atomic E-state index is 13.2.